The molecule has 1 unspecified atom stereocenters. The van der Waals surface area contributed by atoms with Crippen molar-refractivity contribution in [2.24, 2.45) is 5.92 Å². The van der Waals surface area contributed by atoms with Crippen LogP contribution >= 0.6 is 0 Å². The second kappa shape index (κ2) is 8.31. The van der Waals surface area contributed by atoms with Gasteiger partial charge in [0.15, 0.2) is 0 Å². The van der Waals surface area contributed by atoms with Gasteiger partial charge in [0.25, 0.3) is 0 Å². The van der Waals surface area contributed by atoms with Crippen molar-refractivity contribution < 1.29 is 0 Å². The molecular weight excluding hydrogens is 218 g/mol. The van der Waals surface area contributed by atoms with Crippen molar-refractivity contribution in [1.29, 1.82) is 0 Å². The third-order valence-electron chi connectivity index (χ3n) is 3.23. The molecule has 1 heteroatoms. The Hall–Kier alpha value is -0.820. The molecule has 1 aromatic rings. The SMILES string of the molecule is CCCCNC(C)Cc1ccc(CC(C)C)cc1. The molecular formula is C17H29N. The first-order valence-electron chi connectivity index (χ1n) is 7.43. The Morgan fingerprint density at radius 1 is 0.944 bits per heavy atom. The summed E-state index contributed by atoms with van der Waals surface area (Å²) in [5.74, 6) is 0.741. The van der Waals surface area contributed by atoms with E-state index in [1.54, 1.807) is 0 Å². The van der Waals surface area contributed by atoms with Crippen molar-refractivity contribution in [1.82, 2.24) is 5.32 Å². The predicted octanol–water partition coefficient (Wildman–Crippen LogP) is 4.21. The molecule has 0 amide bonds. The fourth-order valence-electron chi connectivity index (χ4n) is 2.23. The minimum atomic E-state index is 0.576. The van der Waals surface area contributed by atoms with E-state index in [4.69, 9.17) is 0 Å². The molecule has 0 aliphatic heterocycles. The molecule has 1 N–H and O–H groups in total. The normalized spacial score (nSPS) is 12.9. The lowest BCUT2D eigenvalue weighted by molar-refractivity contribution is 0.531. The van der Waals surface area contributed by atoms with E-state index in [9.17, 15) is 0 Å². The summed E-state index contributed by atoms with van der Waals surface area (Å²) in [5.41, 5.74) is 2.90. The van der Waals surface area contributed by atoms with Crippen LogP contribution in [0.5, 0.6) is 0 Å². The van der Waals surface area contributed by atoms with Crippen molar-refractivity contribution in [2.75, 3.05) is 6.54 Å². The van der Waals surface area contributed by atoms with Gasteiger partial charge in [-0.1, -0.05) is 51.5 Å². The van der Waals surface area contributed by atoms with E-state index in [0.717, 1.165) is 18.9 Å². The van der Waals surface area contributed by atoms with Gasteiger partial charge in [-0.3, -0.25) is 0 Å². The van der Waals surface area contributed by atoms with Crippen LogP contribution in [0.4, 0.5) is 0 Å². The third-order valence-corrected chi connectivity index (χ3v) is 3.23. The Bertz CT molecular complexity index is 313. The van der Waals surface area contributed by atoms with Gasteiger partial charge in [0, 0.05) is 6.04 Å². The number of unbranched alkanes of at least 4 members (excludes halogenated alkanes) is 1. The standard InChI is InChI=1S/C17H29N/c1-5-6-11-18-15(4)13-17-9-7-16(8-10-17)12-14(2)3/h7-10,14-15,18H,5-6,11-13H2,1-4H3. The van der Waals surface area contributed by atoms with Gasteiger partial charge in [-0.05, 0) is 49.8 Å². The van der Waals surface area contributed by atoms with Crippen molar-refractivity contribution in [3.63, 3.8) is 0 Å². The monoisotopic (exact) mass is 247 g/mol. The lowest BCUT2D eigenvalue weighted by Crippen LogP contribution is -2.28. The molecule has 1 rings (SSSR count). The highest BCUT2D eigenvalue weighted by Gasteiger charge is 2.03. The second-order valence-corrected chi connectivity index (χ2v) is 5.83. The summed E-state index contributed by atoms with van der Waals surface area (Å²) in [7, 11) is 0. The molecule has 1 nitrogen and oxygen atoms in total. The predicted molar refractivity (Wildman–Crippen MR) is 81.1 cm³/mol. The number of hydrogen-bond acceptors (Lipinski definition) is 1. The Morgan fingerprint density at radius 2 is 1.50 bits per heavy atom. The number of nitrogens with one attached hydrogen (secondary N) is 1. The van der Waals surface area contributed by atoms with E-state index in [0.29, 0.717) is 6.04 Å². The fourth-order valence-corrected chi connectivity index (χ4v) is 2.23. The van der Waals surface area contributed by atoms with E-state index >= 15 is 0 Å². The van der Waals surface area contributed by atoms with E-state index in [1.165, 1.54) is 30.4 Å². The molecule has 102 valence electrons. The molecule has 0 aliphatic carbocycles. The molecule has 18 heavy (non-hydrogen) atoms. The molecule has 0 radical (unpaired) electrons. The molecule has 0 spiro atoms. The van der Waals surface area contributed by atoms with Crippen molar-refractivity contribution in [3.8, 4) is 0 Å². The zero-order valence-corrected chi connectivity index (χ0v) is 12.5. The van der Waals surface area contributed by atoms with E-state index in [1.807, 2.05) is 0 Å². The molecule has 0 aromatic heterocycles. The Kier molecular flexibility index (Phi) is 7.04. The minimum Gasteiger partial charge on any atom is -0.314 e. The highest BCUT2D eigenvalue weighted by Crippen LogP contribution is 2.11. The molecule has 0 fully saturated rings. The highest BCUT2D eigenvalue weighted by atomic mass is 14.9. The van der Waals surface area contributed by atoms with Crippen LogP contribution in [0.25, 0.3) is 0 Å². The van der Waals surface area contributed by atoms with Crippen molar-refractivity contribution >= 4 is 0 Å². The van der Waals surface area contributed by atoms with E-state index < -0.39 is 0 Å². The summed E-state index contributed by atoms with van der Waals surface area (Å²) >= 11 is 0. The second-order valence-electron chi connectivity index (χ2n) is 5.83. The van der Waals surface area contributed by atoms with Crippen LogP contribution in [0, 0.1) is 5.92 Å². The van der Waals surface area contributed by atoms with Gasteiger partial charge in [0.05, 0.1) is 0 Å². The lowest BCUT2D eigenvalue weighted by Gasteiger charge is -2.14. The largest absolute Gasteiger partial charge is 0.314 e. The summed E-state index contributed by atoms with van der Waals surface area (Å²) in [5, 5.41) is 3.58. The lowest BCUT2D eigenvalue weighted by atomic mass is 10.00. The van der Waals surface area contributed by atoms with Crippen LogP contribution in [-0.2, 0) is 12.8 Å². The maximum absolute atomic E-state index is 3.58. The highest BCUT2D eigenvalue weighted by molar-refractivity contribution is 5.23. The summed E-state index contributed by atoms with van der Waals surface area (Å²) in [4.78, 5) is 0. The molecule has 1 aromatic carbocycles. The van der Waals surface area contributed by atoms with Gasteiger partial charge < -0.3 is 5.32 Å². The van der Waals surface area contributed by atoms with Crippen molar-refractivity contribution in [2.45, 2.75) is 59.4 Å². The summed E-state index contributed by atoms with van der Waals surface area (Å²) in [6, 6.07) is 9.72. The maximum Gasteiger partial charge on any atom is 0.00791 e. The average molecular weight is 247 g/mol. The first-order chi connectivity index (χ1) is 8.61. The van der Waals surface area contributed by atoms with Gasteiger partial charge in [-0.15, -0.1) is 0 Å². The van der Waals surface area contributed by atoms with E-state index in [2.05, 4.69) is 57.3 Å². The minimum absolute atomic E-state index is 0.576. The number of rotatable bonds is 8. The Morgan fingerprint density at radius 3 is 2.00 bits per heavy atom. The van der Waals surface area contributed by atoms with Crippen LogP contribution in [0.3, 0.4) is 0 Å². The maximum atomic E-state index is 3.58. The summed E-state index contributed by atoms with van der Waals surface area (Å²) < 4.78 is 0. The van der Waals surface area contributed by atoms with Gasteiger partial charge in [0.1, 0.15) is 0 Å². The molecule has 0 bridgehead atoms. The summed E-state index contributed by atoms with van der Waals surface area (Å²) in [6.07, 6.45) is 4.86. The third kappa shape index (κ3) is 6.20. The Balaban J connectivity index is 2.38. The molecule has 1 atom stereocenters. The first kappa shape index (κ1) is 15.2. The van der Waals surface area contributed by atoms with Gasteiger partial charge in [-0.2, -0.15) is 0 Å². The zero-order chi connectivity index (χ0) is 13.4. The molecule has 0 saturated heterocycles. The summed E-state index contributed by atoms with van der Waals surface area (Å²) in [6.45, 7) is 10.2. The topological polar surface area (TPSA) is 12.0 Å². The molecule has 0 heterocycles. The van der Waals surface area contributed by atoms with Crippen molar-refractivity contribution in [3.05, 3.63) is 35.4 Å². The van der Waals surface area contributed by atoms with Crippen LogP contribution < -0.4 is 5.32 Å². The molecule has 0 saturated carbocycles. The van der Waals surface area contributed by atoms with Crippen LogP contribution in [0.1, 0.15) is 51.7 Å². The quantitative estimate of drug-likeness (QED) is 0.679. The van der Waals surface area contributed by atoms with E-state index in [-0.39, 0.29) is 0 Å². The average Bonchev–Trinajstić information content (AvgIpc) is 2.31. The Labute approximate surface area is 113 Å². The molecule has 0 aliphatic rings. The van der Waals surface area contributed by atoms with Crippen LogP contribution in [-0.4, -0.2) is 12.6 Å². The first-order valence-corrected chi connectivity index (χ1v) is 7.43. The smallest absolute Gasteiger partial charge is 0.00791 e. The number of benzene rings is 1. The van der Waals surface area contributed by atoms with Gasteiger partial charge >= 0.3 is 0 Å². The number of hydrogen-bond donors (Lipinski definition) is 1. The van der Waals surface area contributed by atoms with Crippen LogP contribution in [0.15, 0.2) is 24.3 Å². The zero-order valence-electron chi connectivity index (χ0n) is 12.5. The van der Waals surface area contributed by atoms with Gasteiger partial charge in [-0.25, -0.2) is 0 Å². The van der Waals surface area contributed by atoms with Crippen LogP contribution in [0.2, 0.25) is 0 Å². The van der Waals surface area contributed by atoms with Gasteiger partial charge in [0.2, 0.25) is 0 Å². The fraction of sp³-hybridized carbons (Fsp3) is 0.647.